The number of anilines is 1. The summed E-state index contributed by atoms with van der Waals surface area (Å²) >= 11 is 5.89. The van der Waals surface area contributed by atoms with E-state index in [0.29, 0.717) is 10.6 Å². The lowest BCUT2D eigenvalue weighted by Gasteiger charge is -2.17. The predicted molar refractivity (Wildman–Crippen MR) is 90.7 cm³/mol. The van der Waals surface area contributed by atoms with Crippen molar-refractivity contribution in [1.82, 2.24) is 0 Å². The molecule has 0 saturated heterocycles. The first kappa shape index (κ1) is 15.6. The fourth-order valence-corrected chi connectivity index (χ4v) is 2.90. The number of benzene rings is 2. The van der Waals surface area contributed by atoms with Crippen LogP contribution in [-0.2, 0) is 4.79 Å². The van der Waals surface area contributed by atoms with E-state index in [9.17, 15) is 9.59 Å². The van der Waals surface area contributed by atoms with Gasteiger partial charge in [0.1, 0.15) is 0 Å². The summed E-state index contributed by atoms with van der Waals surface area (Å²) in [7, 11) is 1.75. The van der Waals surface area contributed by atoms with Gasteiger partial charge in [-0.25, -0.2) is 0 Å². The van der Waals surface area contributed by atoms with Crippen molar-refractivity contribution in [3.8, 4) is 0 Å². The largest absolute Gasteiger partial charge is 0.366 e. The Hall–Kier alpha value is -2.33. The summed E-state index contributed by atoms with van der Waals surface area (Å²) in [5.74, 6) is -0.142. The third-order valence-electron chi connectivity index (χ3n) is 4.28. The Bertz CT molecular complexity index is 741. The highest BCUT2D eigenvalue weighted by atomic mass is 35.5. The van der Waals surface area contributed by atoms with E-state index in [0.717, 1.165) is 17.7 Å². The number of hydrogen-bond donors (Lipinski definition) is 1. The highest BCUT2D eigenvalue weighted by Crippen LogP contribution is 2.48. The standard InChI is InChI=1S/C18H17ClN2O2/c1-21(14-8-4-12(5-9-14)17(20)22)18(23)16-10-15(16)11-2-6-13(19)7-3-11/h2-9,15-16H,10H2,1H3,(H2,20,22)/t15-,16-/m1/s1. The van der Waals surface area contributed by atoms with E-state index in [1.54, 1.807) is 36.2 Å². The maximum Gasteiger partial charge on any atom is 0.248 e. The summed E-state index contributed by atoms with van der Waals surface area (Å²) in [6, 6.07) is 14.4. The van der Waals surface area contributed by atoms with Crippen LogP contribution in [0.2, 0.25) is 5.02 Å². The molecule has 2 N–H and O–H groups in total. The number of carbonyl (C=O) groups is 2. The molecule has 0 unspecified atom stereocenters. The minimum absolute atomic E-state index is 0.00278. The normalized spacial score (nSPS) is 19.2. The van der Waals surface area contributed by atoms with Gasteiger partial charge in [-0.1, -0.05) is 23.7 Å². The number of hydrogen-bond acceptors (Lipinski definition) is 2. The van der Waals surface area contributed by atoms with Crippen molar-refractivity contribution in [2.75, 3.05) is 11.9 Å². The monoisotopic (exact) mass is 328 g/mol. The van der Waals surface area contributed by atoms with E-state index in [2.05, 4.69) is 0 Å². The summed E-state index contributed by atoms with van der Waals surface area (Å²) in [5.41, 5.74) is 7.55. The van der Waals surface area contributed by atoms with Crippen molar-refractivity contribution < 1.29 is 9.59 Å². The zero-order chi connectivity index (χ0) is 16.6. The molecule has 2 aromatic carbocycles. The van der Waals surface area contributed by atoms with Crippen molar-refractivity contribution >= 4 is 29.1 Å². The van der Waals surface area contributed by atoms with E-state index in [1.807, 2.05) is 24.3 Å². The summed E-state index contributed by atoms with van der Waals surface area (Å²) < 4.78 is 0. The Labute approximate surface area is 139 Å². The number of carbonyl (C=O) groups excluding carboxylic acids is 2. The number of nitrogens with two attached hydrogens (primary N) is 1. The number of halogens is 1. The van der Waals surface area contributed by atoms with E-state index in [-0.39, 0.29) is 17.7 Å². The van der Waals surface area contributed by atoms with Gasteiger partial charge in [-0.3, -0.25) is 9.59 Å². The van der Waals surface area contributed by atoms with Gasteiger partial charge < -0.3 is 10.6 Å². The lowest BCUT2D eigenvalue weighted by Crippen LogP contribution is -2.28. The molecule has 2 amide bonds. The lowest BCUT2D eigenvalue weighted by molar-refractivity contribution is -0.119. The molecular weight excluding hydrogens is 312 g/mol. The second-order valence-electron chi connectivity index (χ2n) is 5.81. The van der Waals surface area contributed by atoms with Gasteiger partial charge in [-0.15, -0.1) is 0 Å². The summed E-state index contributed by atoms with van der Waals surface area (Å²) in [5, 5.41) is 0.698. The van der Waals surface area contributed by atoms with Gasteiger partial charge in [0.05, 0.1) is 0 Å². The molecule has 2 atom stereocenters. The molecular formula is C18H17ClN2O2. The molecule has 0 aromatic heterocycles. The molecule has 0 heterocycles. The number of nitrogens with zero attached hydrogens (tertiary/aromatic N) is 1. The highest BCUT2D eigenvalue weighted by Gasteiger charge is 2.45. The van der Waals surface area contributed by atoms with Crippen LogP contribution in [0.15, 0.2) is 48.5 Å². The van der Waals surface area contributed by atoms with Crippen molar-refractivity contribution in [2.24, 2.45) is 11.7 Å². The first-order chi connectivity index (χ1) is 11.0. The van der Waals surface area contributed by atoms with E-state index < -0.39 is 5.91 Å². The highest BCUT2D eigenvalue weighted by molar-refractivity contribution is 6.30. The van der Waals surface area contributed by atoms with Crippen LogP contribution in [0, 0.1) is 5.92 Å². The van der Waals surface area contributed by atoms with Crippen LogP contribution in [0.3, 0.4) is 0 Å². The molecule has 4 nitrogen and oxygen atoms in total. The summed E-state index contributed by atoms with van der Waals surface area (Å²) in [4.78, 5) is 25.3. The van der Waals surface area contributed by atoms with Gasteiger partial charge >= 0.3 is 0 Å². The quantitative estimate of drug-likeness (QED) is 0.936. The summed E-state index contributed by atoms with van der Waals surface area (Å²) in [6.45, 7) is 0. The minimum atomic E-state index is -0.476. The van der Waals surface area contributed by atoms with Crippen LogP contribution in [0.25, 0.3) is 0 Å². The van der Waals surface area contributed by atoms with Crippen LogP contribution in [0.5, 0.6) is 0 Å². The first-order valence-electron chi connectivity index (χ1n) is 7.40. The maximum absolute atomic E-state index is 12.6. The van der Waals surface area contributed by atoms with Gasteiger partial charge in [0.25, 0.3) is 0 Å². The Morgan fingerprint density at radius 1 is 1.09 bits per heavy atom. The van der Waals surface area contributed by atoms with Crippen LogP contribution in [0.1, 0.15) is 28.3 Å². The molecule has 118 valence electrons. The molecule has 2 aromatic rings. The van der Waals surface area contributed by atoms with Crippen LogP contribution in [-0.4, -0.2) is 18.9 Å². The second kappa shape index (κ2) is 6.05. The molecule has 5 heteroatoms. The van der Waals surface area contributed by atoms with Gasteiger partial charge in [0, 0.05) is 29.2 Å². The third-order valence-corrected chi connectivity index (χ3v) is 4.53. The molecule has 1 aliphatic carbocycles. The molecule has 0 aliphatic heterocycles. The topological polar surface area (TPSA) is 63.4 Å². The lowest BCUT2D eigenvalue weighted by atomic mass is 10.1. The first-order valence-corrected chi connectivity index (χ1v) is 7.78. The number of primary amides is 1. The zero-order valence-electron chi connectivity index (χ0n) is 12.7. The van der Waals surface area contributed by atoms with Crippen LogP contribution < -0.4 is 10.6 Å². The zero-order valence-corrected chi connectivity index (χ0v) is 13.5. The van der Waals surface area contributed by atoms with Crippen molar-refractivity contribution in [1.29, 1.82) is 0 Å². The van der Waals surface area contributed by atoms with E-state index in [1.165, 1.54) is 0 Å². The Morgan fingerprint density at radius 2 is 1.70 bits per heavy atom. The average Bonchev–Trinajstić information content (AvgIpc) is 3.35. The Kier molecular flexibility index (Phi) is 4.09. The van der Waals surface area contributed by atoms with Crippen LogP contribution in [0.4, 0.5) is 5.69 Å². The van der Waals surface area contributed by atoms with Crippen molar-refractivity contribution in [3.63, 3.8) is 0 Å². The molecule has 1 saturated carbocycles. The smallest absolute Gasteiger partial charge is 0.248 e. The maximum atomic E-state index is 12.6. The summed E-state index contributed by atoms with van der Waals surface area (Å²) in [6.07, 6.45) is 0.851. The average molecular weight is 329 g/mol. The van der Waals surface area contributed by atoms with E-state index >= 15 is 0 Å². The molecule has 3 rings (SSSR count). The molecule has 23 heavy (non-hydrogen) atoms. The van der Waals surface area contributed by atoms with Crippen LogP contribution >= 0.6 is 11.6 Å². The van der Waals surface area contributed by atoms with Gasteiger partial charge in [-0.05, 0) is 54.3 Å². The Balaban J connectivity index is 1.69. The number of amides is 2. The molecule has 1 fully saturated rings. The second-order valence-corrected chi connectivity index (χ2v) is 6.25. The Morgan fingerprint density at radius 3 is 2.26 bits per heavy atom. The predicted octanol–water partition coefficient (Wildman–Crippen LogP) is 3.21. The van der Waals surface area contributed by atoms with E-state index in [4.69, 9.17) is 17.3 Å². The van der Waals surface area contributed by atoms with Gasteiger partial charge in [-0.2, -0.15) is 0 Å². The fraction of sp³-hybridized carbons (Fsp3) is 0.222. The minimum Gasteiger partial charge on any atom is -0.366 e. The third kappa shape index (κ3) is 3.22. The van der Waals surface area contributed by atoms with Gasteiger partial charge in [0.15, 0.2) is 0 Å². The van der Waals surface area contributed by atoms with Crippen molar-refractivity contribution in [3.05, 3.63) is 64.7 Å². The SMILES string of the molecule is CN(C(=O)[C@@H]1C[C@@H]1c1ccc(Cl)cc1)c1ccc(C(N)=O)cc1. The fourth-order valence-electron chi connectivity index (χ4n) is 2.77. The molecule has 0 spiro atoms. The van der Waals surface area contributed by atoms with Crippen molar-refractivity contribution in [2.45, 2.75) is 12.3 Å². The number of rotatable bonds is 4. The molecule has 0 radical (unpaired) electrons. The molecule has 1 aliphatic rings. The molecule has 0 bridgehead atoms. The van der Waals surface area contributed by atoms with Gasteiger partial charge in [0.2, 0.25) is 11.8 Å².